The van der Waals surface area contributed by atoms with E-state index in [0.717, 1.165) is 44.9 Å². The van der Waals surface area contributed by atoms with Crippen LogP contribution < -0.4 is 5.32 Å². The van der Waals surface area contributed by atoms with Crippen molar-refractivity contribution in [3.05, 3.63) is 24.3 Å². The van der Waals surface area contributed by atoms with E-state index in [-0.39, 0.29) is 19.1 Å². The number of phosphoric acid groups is 1. The Morgan fingerprint density at radius 3 is 1.22 bits per heavy atom. The van der Waals surface area contributed by atoms with Crippen molar-refractivity contribution < 1.29 is 32.9 Å². The fraction of sp³-hybridized carbons (Fsp3) is 0.914. The van der Waals surface area contributed by atoms with Crippen LogP contribution in [-0.4, -0.2) is 73.4 Å². The SMILES string of the molecule is CCCCCCC/C=C\C/C=C\CCCCCCCCCCCCCCCCCCCC(=O)NC(COP(=O)(O)OCC[N+](C)(C)C)C(O)CCCCCCCCCCCCCCCCCC. The maximum Gasteiger partial charge on any atom is 0.472 e. The van der Waals surface area contributed by atoms with Crippen LogP contribution in [0.5, 0.6) is 0 Å². The Bertz CT molecular complexity index is 1140. The third-order valence-electron chi connectivity index (χ3n) is 13.5. The summed E-state index contributed by atoms with van der Waals surface area (Å²) >= 11 is 0. The van der Waals surface area contributed by atoms with Gasteiger partial charge < -0.3 is 19.8 Å². The Hall–Kier alpha value is -1.02. The van der Waals surface area contributed by atoms with E-state index >= 15 is 0 Å². The zero-order valence-corrected chi connectivity index (χ0v) is 46.3. The van der Waals surface area contributed by atoms with Crippen LogP contribution in [0.25, 0.3) is 0 Å². The minimum Gasteiger partial charge on any atom is -0.391 e. The lowest BCUT2D eigenvalue weighted by Crippen LogP contribution is -2.46. The van der Waals surface area contributed by atoms with Crippen LogP contribution in [0.15, 0.2) is 24.3 Å². The molecule has 0 bridgehead atoms. The molecule has 398 valence electrons. The van der Waals surface area contributed by atoms with Crippen LogP contribution in [0.2, 0.25) is 0 Å². The van der Waals surface area contributed by atoms with Gasteiger partial charge in [-0.05, 0) is 44.9 Å². The molecule has 0 radical (unpaired) electrons. The number of carbonyl (C=O) groups is 1. The molecule has 0 aromatic carbocycles. The highest BCUT2D eigenvalue weighted by Gasteiger charge is 2.28. The molecule has 3 atom stereocenters. The summed E-state index contributed by atoms with van der Waals surface area (Å²) in [6.45, 7) is 4.91. The largest absolute Gasteiger partial charge is 0.472 e. The van der Waals surface area contributed by atoms with Crippen LogP contribution in [0.1, 0.15) is 290 Å². The van der Waals surface area contributed by atoms with Gasteiger partial charge in [0.25, 0.3) is 0 Å². The molecule has 0 aliphatic rings. The summed E-state index contributed by atoms with van der Waals surface area (Å²) in [7, 11) is 1.63. The quantitative estimate of drug-likeness (QED) is 0.0243. The van der Waals surface area contributed by atoms with Gasteiger partial charge in [0, 0.05) is 6.42 Å². The summed E-state index contributed by atoms with van der Waals surface area (Å²) in [4.78, 5) is 23.3. The molecule has 0 heterocycles. The normalized spacial score (nSPS) is 14.1. The number of rotatable bonds is 54. The molecule has 0 rings (SSSR count). The third-order valence-corrected chi connectivity index (χ3v) is 14.4. The van der Waals surface area contributed by atoms with Gasteiger partial charge in [0.05, 0.1) is 39.9 Å². The molecule has 1 amide bonds. The highest BCUT2D eigenvalue weighted by molar-refractivity contribution is 7.47. The Balaban J connectivity index is 4.06. The van der Waals surface area contributed by atoms with Crippen molar-refractivity contribution in [1.29, 1.82) is 0 Å². The van der Waals surface area contributed by atoms with Crippen molar-refractivity contribution >= 4 is 13.7 Å². The van der Waals surface area contributed by atoms with Crippen LogP contribution >= 0.6 is 7.82 Å². The van der Waals surface area contributed by atoms with Gasteiger partial charge >= 0.3 is 7.82 Å². The summed E-state index contributed by atoms with van der Waals surface area (Å²) in [5.41, 5.74) is 0. The summed E-state index contributed by atoms with van der Waals surface area (Å²) in [6.07, 6.45) is 62.3. The van der Waals surface area contributed by atoms with Gasteiger partial charge in [0.15, 0.2) is 0 Å². The average molecular weight is 969 g/mol. The molecule has 0 saturated heterocycles. The number of nitrogens with one attached hydrogen (secondary N) is 1. The summed E-state index contributed by atoms with van der Waals surface area (Å²) < 4.78 is 23.8. The highest BCUT2D eigenvalue weighted by Crippen LogP contribution is 2.43. The Labute approximate surface area is 417 Å². The first-order valence-electron chi connectivity index (χ1n) is 29.2. The number of likely N-dealkylation sites (N-methyl/N-ethyl adjacent to an activating group) is 1. The van der Waals surface area contributed by atoms with E-state index in [1.54, 1.807) is 0 Å². The second-order valence-corrected chi connectivity index (χ2v) is 22.8. The molecular weight excluding hydrogens is 852 g/mol. The lowest BCUT2D eigenvalue weighted by Gasteiger charge is -2.26. The zero-order valence-electron chi connectivity index (χ0n) is 45.4. The number of aliphatic hydroxyl groups is 1. The molecule has 0 aliphatic heterocycles. The predicted molar refractivity (Wildman–Crippen MR) is 291 cm³/mol. The van der Waals surface area contributed by atoms with Crippen molar-refractivity contribution in [2.75, 3.05) is 40.9 Å². The van der Waals surface area contributed by atoms with E-state index < -0.39 is 20.0 Å². The van der Waals surface area contributed by atoms with Crippen LogP contribution in [0, 0.1) is 0 Å². The Morgan fingerprint density at radius 2 is 0.851 bits per heavy atom. The van der Waals surface area contributed by atoms with Crippen LogP contribution in [-0.2, 0) is 18.4 Å². The molecule has 0 fully saturated rings. The highest BCUT2D eigenvalue weighted by atomic mass is 31.2. The number of nitrogens with zero attached hydrogens (tertiary/aromatic N) is 1. The molecular formula is C58H116N2O6P+. The van der Waals surface area contributed by atoms with Crippen molar-refractivity contribution in [1.82, 2.24) is 5.32 Å². The number of hydrogen-bond donors (Lipinski definition) is 3. The molecule has 0 saturated carbocycles. The fourth-order valence-electron chi connectivity index (χ4n) is 8.84. The monoisotopic (exact) mass is 968 g/mol. The number of phosphoric ester groups is 1. The van der Waals surface area contributed by atoms with Crippen molar-refractivity contribution in [2.45, 2.75) is 302 Å². The number of amides is 1. The lowest BCUT2D eigenvalue weighted by atomic mass is 10.0. The van der Waals surface area contributed by atoms with E-state index in [0.29, 0.717) is 23.9 Å². The average Bonchev–Trinajstić information content (AvgIpc) is 3.29. The number of hydrogen-bond acceptors (Lipinski definition) is 5. The second kappa shape index (κ2) is 49.9. The van der Waals surface area contributed by atoms with Crippen molar-refractivity contribution in [3.63, 3.8) is 0 Å². The van der Waals surface area contributed by atoms with E-state index in [2.05, 4.69) is 43.5 Å². The van der Waals surface area contributed by atoms with Crippen LogP contribution in [0.4, 0.5) is 0 Å². The van der Waals surface area contributed by atoms with Crippen molar-refractivity contribution in [2.24, 2.45) is 0 Å². The smallest absolute Gasteiger partial charge is 0.391 e. The number of carbonyl (C=O) groups excluding carboxylic acids is 1. The van der Waals surface area contributed by atoms with Gasteiger partial charge in [-0.2, -0.15) is 0 Å². The van der Waals surface area contributed by atoms with E-state index in [1.165, 1.54) is 218 Å². The molecule has 3 N–H and O–H groups in total. The first-order valence-corrected chi connectivity index (χ1v) is 30.7. The van der Waals surface area contributed by atoms with Gasteiger partial charge in [-0.1, -0.05) is 263 Å². The topological polar surface area (TPSA) is 105 Å². The van der Waals surface area contributed by atoms with Crippen LogP contribution in [0.3, 0.4) is 0 Å². The molecule has 67 heavy (non-hydrogen) atoms. The predicted octanol–water partition coefficient (Wildman–Crippen LogP) is 17.6. The maximum atomic E-state index is 13.0. The fourth-order valence-corrected chi connectivity index (χ4v) is 9.58. The molecule has 0 spiro atoms. The van der Waals surface area contributed by atoms with Gasteiger partial charge in [-0.3, -0.25) is 13.8 Å². The minimum absolute atomic E-state index is 0.0768. The molecule has 0 aliphatic carbocycles. The summed E-state index contributed by atoms with van der Waals surface area (Å²) in [6, 6.07) is -0.758. The Morgan fingerprint density at radius 1 is 0.507 bits per heavy atom. The molecule has 8 nitrogen and oxygen atoms in total. The van der Waals surface area contributed by atoms with E-state index in [4.69, 9.17) is 9.05 Å². The first kappa shape index (κ1) is 66.0. The van der Waals surface area contributed by atoms with E-state index in [1.807, 2.05) is 21.1 Å². The number of aliphatic hydroxyl groups excluding tert-OH is 1. The third kappa shape index (κ3) is 52.6. The van der Waals surface area contributed by atoms with Gasteiger partial charge in [0.2, 0.25) is 5.91 Å². The van der Waals surface area contributed by atoms with E-state index in [9.17, 15) is 19.4 Å². The first-order chi connectivity index (χ1) is 32.5. The zero-order chi connectivity index (χ0) is 49.2. The van der Waals surface area contributed by atoms with Gasteiger partial charge in [0.1, 0.15) is 13.2 Å². The second-order valence-electron chi connectivity index (χ2n) is 21.4. The standard InChI is InChI=1S/C58H115N2O6P/c1-6-8-10-12-14-16-18-20-22-24-25-26-27-28-29-30-31-32-33-34-35-36-38-40-42-44-46-48-50-52-58(62)59-56(55-66-67(63,64)65-54-53-60(3,4)5)57(61)51-49-47-45-43-41-39-37-23-21-19-17-15-13-11-9-7-2/h18,20,24-25,56-57,61H,6-17,19,21-23,26-55H2,1-5H3,(H-,59,62,63,64)/p+1/b20-18-,25-24-. The number of unbranched alkanes of at least 4 members (excludes halogenated alkanes) is 37. The molecule has 0 aromatic heterocycles. The van der Waals surface area contributed by atoms with Crippen molar-refractivity contribution in [3.8, 4) is 0 Å². The Kier molecular flexibility index (Phi) is 49.2. The number of quaternary nitrogens is 1. The summed E-state index contributed by atoms with van der Waals surface area (Å²) in [5.74, 6) is -0.140. The molecule has 9 heteroatoms. The maximum absolute atomic E-state index is 13.0. The molecule has 3 unspecified atom stereocenters. The number of allylic oxidation sites excluding steroid dienone is 4. The lowest BCUT2D eigenvalue weighted by molar-refractivity contribution is -0.870. The van der Waals surface area contributed by atoms with Gasteiger partial charge in [-0.25, -0.2) is 4.57 Å². The van der Waals surface area contributed by atoms with Gasteiger partial charge in [-0.15, -0.1) is 0 Å². The summed E-state index contributed by atoms with van der Waals surface area (Å²) in [5, 5.41) is 14.1. The minimum atomic E-state index is -4.32. The molecule has 0 aromatic rings.